The summed E-state index contributed by atoms with van der Waals surface area (Å²) >= 11 is 0. The molecule has 0 atom stereocenters. The zero-order valence-corrected chi connectivity index (χ0v) is 19.2. The van der Waals surface area contributed by atoms with Crippen molar-refractivity contribution in [3.05, 3.63) is 89.6 Å². The van der Waals surface area contributed by atoms with E-state index in [1.54, 1.807) is 62.4 Å². The second-order valence-electron chi connectivity index (χ2n) is 7.91. The molecule has 0 saturated carbocycles. The molecule has 0 saturated heterocycles. The zero-order chi connectivity index (χ0) is 23.3. The van der Waals surface area contributed by atoms with Crippen LogP contribution in [0.4, 0.5) is 4.39 Å². The SMILES string of the molecule is Cc1ccc(S(=O)(=O)N(CC(=O)N(Cc2ccc(F)cc2)Cc2ccco2)C(C)C)cc1. The minimum atomic E-state index is -3.87. The summed E-state index contributed by atoms with van der Waals surface area (Å²) in [6.45, 7) is 5.37. The first kappa shape index (κ1) is 23.7. The van der Waals surface area contributed by atoms with E-state index in [4.69, 9.17) is 4.42 Å². The first-order valence-electron chi connectivity index (χ1n) is 10.3. The van der Waals surface area contributed by atoms with Gasteiger partial charge >= 0.3 is 0 Å². The maximum absolute atomic E-state index is 13.3. The van der Waals surface area contributed by atoms with E-state index in [0.29, 0.717) is 5.76 Å². The number of hydrogen-bond acceptors (Lipinski definition) is 4. The van der Waals surface area contributed by atoms with Crippen LogP contribution in [0.3, 0.4) is 0 Å². The fourth-order valence-electron chi connectivity index (χ4n) is 3.26. The summed E-state index contributed by atoms with van der Waals surface area (Å²) in [5, 5.41) is 0. The van der Waals surface area contributed by atoms with Gasteiger partial charge < -0.3 is 9.32 Å². The number of furan rings is 1. The van der Waals surface area contributed by atoms with Gasteiger partial charge in [-0.15, -0.1) is 0 Å². The summed E-state index contributed by atoms with van der Waals surface area (Å²) in [5.41, 5.74) is 1.67. The van der Waals surface area contributed by atoms with E-state index >= 15 is 0 Å². The number of halogens is 1. The smallest absolute Gasteiger partial charge is 0.243 e. The molecule has 32 heavy (non-hydrogen) atoms. The average molecular weight is 459 g/mol. The normalized spacial score (nSPS) is 11.8. The molecule has 0 N–H and O–H groups in total. The molecule has 0 radical (unpaired) electrons. The van der Waals surface area contributed by atoms with Crippen molar-refractivity contribution in [3.8, 4) is 0 Å². The zero-order valence-electron chi connectivity index (χ0n) is 18.4. The lowest BCUT2D eigenvalue weighted by Crippen LogP contribution is -2.45. The van der Waals surface area contributed by atoms with Gasteiger partial charge in [0.2, 0.25) is 15.9 Å². The standard InChI is InChI=1S/C24H27FN2O4S/c1-18(2)27(32(29,30)23-12-6-19(3)7-13-23)17-24(28)26(16-22-5-4-14-31-22)15-20-8-10-21(25)11-9-20/h4-14,18H,15-17H2,1-3H3. The minimum Gasteiger partial charge on any atom is -0.467 e. The highest BCUT2D eigenvalue weighted by molar-refractivity contribution is 7.89. The van der Waals surface area contributed by atoms with Gasteiger partial charge in [0.1, 0.15) is 11.6 Å². The quantitative estimate of drug-likeness (QED) is 0.478. The Morgan fingerprint density at radius 2 is 1.66 bits per heavy atom. The molecule has 3 rings (SSSR count). The molecule has 170 valence electrons. The van der Waals surface area contributed by atoms with E-state index in [1.807, 2.05) is 6.92 Å². The molecule has 0 aliphatic heterocycles. The molecule has 2 aromatic carbocycles. The molecule has 0 unspecified atom stereocenters. The highest BCUT2D eigenvalue weighted by Gasteiger charge is 2.31. The number of benzene rings is 2. The van der Waals surface area contributed by atoms with Gasteiger partial charge in [0.25, 0.3) is 0 Å². The Morgan fingerprint density at radius 3 is 2.22 bits per heavy atom. The number of amides is 1. The average Bonchev–Trinajstić information content (AvgIpc) is 3.26. The van der Waals surface area contributed by atoms with Crippen LogP contribution < -0.4 is 0 Å². The molecule has 8 heteroatoms. The monoisotopic (exact) mass is 458 g/mol. The Morgan fingerprint density at radius 1 is 1.00 bits per heavy atom. The third-order valence-electron chi connectivity index (χ3n) is 5.06. The van der Waals surface area contributed by atoms with E-state index in [1.165, 1.54) is 27.6 Å². The van der Waals surface area contributed by atoms with Gasteiger partial charge in [0, 0.05) is 12.6 Å². The first-order valence-corrected chi connectivity index (χ1v) is 11.7. The molecule has 3 aromatic rings. The highest BCUT2D eigenvalue weighted by Crippen LogP contribution is 2.20. The first-order chi connectivity index (χ1) is 15.2. The molecule has 6 nitrogen and oxygen atoms in total. The van der Waals surface area contributed by atoms with E-state index in [-0.39, 0.29) is 36.3 Å². The summed E-state index contributed by atoms with van der Waals surface area (Å²) < 4.78 is 46.4. The molecular formula is C24H27FN2O4S. The summed E-state index contributed by atoms with van der Waals surface area (Å²) in [6, 6.07) is 15.4. The molecule has 0 aliphatic rings. The van der Waals surface area contributed by atoms with Gasteiger partial charge in [-0.05, 0) is 62.7 Å². The Hall–Kier alpha value is -2.97. The lowest BCUT2D eigenvalue weighted by atomic mass is 10.2. The predicted molar refractivity (Wildman–Crippen MR) is 120 cm³/mol. The third kappa shape index (κ3) is 5.83. The van der Waals surface area contributed by atoms with Gasteiger partial charge in [-0.1, -0.05) is 29.8 Å². The van der Waals surface area contributed by atoms with Crippen molar-refractivity contribution in [2.45, 2.75) is 44.8 Å². The molecule has 0 bridgehead atoms. The summed E-state index contributed by atoms with van der Waals surface area (Å²) in [6.07, 6.45) is 1.51. The van der Waals surface area contributed by atoms with Gasteiger partial charge in [-0.25, -0.2) is 12.8 Å². The van der Waals surface area contributed by atoms with Crippen molar-refractivity contribution in [2.75, 3.05) is 6.54 Å². The van der Waals surface area contributed by atoms with Gasteiger partial charge in [0.05, 0.1) is 24.2 Å². The molecule has 0 fully saturated rings. The van der Waals surface area contributed by atoms with E-state index in [0.717, 1.165) is 11.1 Å². The topological polar surface area (TPSA) is 70.8 Å². The number of carbonyl (C=O) groups excluding carboxylic acids is 1. The van der Waals surface area contributed by atoms with Gasteiger partial charge in [-0.2, -0.15) is 4.31 Å². The Labute approximate surface area is 188 Å². The summed E-state index contributed by atoms with van der Waals surface area (Å²) in [7, 11) is -3.87. The highest BCUT2D eigenvalue weighted by atomic mass is 32.2. The predicted octanol–water partition coefficient (Wildman–Crippen LogP) is 4.36. The Balaban J connectivity index is 1.85. The largest absolute Gasteiger partial charge is 0.467 e. The van der Waals surface area contributed by atoms with Crippen LogP contribution in [0.2, 0.25) is 0 Å². The second kappa shape index (κ2) is 10.1. The van der Waals surface area contributed by atoms with Crippen LogP contribution in [0.25, 0.3) is 0 Å². The maximum Gasteiger partial charge on any atom is 0.243 e. The lowest BCUT2D eigenvalue weighted by molar-refractivity contribution is -0.133. The van der Waals surface area contributed by atoms with Crippen molar-refractivity contribution in [1.82, 2.24) is 9.21 Å². The van der Waals surface area contributed by atoms with E-state index in [2.05, 4.69) is 0 Å². The van der Waals surface area contributed by atoms with Crippen molar-refractivity contribution in [2.24, 2.45) is 0 Å². The Kier molecular flexibility index (Phi) is 7.48. The number of carbonyl (C=O) groups is 1. The van der Waals surface area contributed by atoms with Crippen LogP contribution in [0.1, 0.15) is 30.7 Å². The number of sulfonamides is 1. The van der Waals surface area contributed by atoms with Crippen LogP contribution in [-0.4, -0.2) is 36.1 Å². The van der Waals surface area contributed by atoms with Crippen molar-refractivity contribution >= 4 is 15.9 Å². The molecule has 0 spiro atoms. The van der Waals surface area contributed by atoms with E-state index in [9.17, 15) is 17.6 Å². The molecular weight excluding hydrogens is 431 g/mol. The third-order valence-corrected chi connectivity index (χ3v) is 7.10. The van der Waals surface area contributed by atoms with Crippen LogP contribution in [0.15, 0.2) is 76.2 Å². The fraction of sp³-hybridized carbons (Fsp3) is 0.292. The molecule has 1 aromatic heterocycles. The second-order valence-corrected chi connectivity index (χ2v) is 9.80. The van der Waals surface area contributed by atoms with Gasteiger partial charge in [-0.3, -0.25) is 4.79 Å². The summed E-state index contributed by atoms with van der Waals surface area (Å²) in [4.78, 5) is 14.9. The summed E-state index contributed by atoms with van der Waals surface area (Å²) in [5.74, 6) is -0.180. The van der Waals surface area contributed by atoms with E-state index < -0.39 is 16.1 Å². The number of rotatable bonds is 9. The van der Waals surface area contributed by atoms with Crippen LogP contribution in [-0.2, 0) is 27.9 Å². The molecule has 0 aliphatic carbocycles. The maximum atomic E-state index is 13.3. The van der Waals surface area contributed by atoms with Crippen molar-refractivity contribution in [1.29, 1.82) is 0 Å². The number of nitrogens with zero attached hydrogens (tertiary/aromatic N) is 2. The van der Waals surface area contributed by atoms with Gasteiger partial charge in [0.15, 0.2) is 0 Å². The number of hydrogen-bond donors (Lipinski definition) is 0. The van der Waals surface area contributed by atoms with Crippen LogP contribution in [0, 0.1) is 12.7 Å². The van der Waals surface area contributed by atoms with Crippen LogP contribution in [0.5, 0.6) is 0 Å². The number of aryl methyl sites for hydroxylation is 1. The van der Waals surface area contributed by atoms with Crippen molar-refractivity contribution < 1.29 is 22.0 Å². The fourth-order valence-corrected chi connectivity index (χ4v) is 4.84. The Bertz CT molecular complexity index is 1130. The molecule has 1 amide bonds. The molecule has 1 heterocycles. The van der Waals surface area contributed by atoms with Crippen LogP contribution >= 0.6 is 0 Å². The minimum absolute atomic E-state index is 0.140. The van der Waals surface area contributed by atoms with Crippen molar-refractivity contribution in [3.63, 3.8) is 0 Å². The lowest BCUT2D eigenvalue weighted by Gasteiger charge is -2.29.